The van der Waals surface area contributed by atoms with E-state index >= 15 is 0 Å². The van der Waals surface area contributed by atoms with Crippen molar-refractivity contribution >= 4 is 68.4 Å². The maximum atomic E-state index is 7.44. The summed E-state index contributed by atoms with van der Waals surface area (Å²) in [6.45, 7) is 33.7. The Morgan fingerprint density at radius 3 is 1.69 bits per heavy atom. The highest BCUT2D eigenvalue weighted by molar-refractivity contribution is 7.01. The van der Waals surface area contributed by atoms with Gasteiger partial charge in [0.05, 0.1) is 0 Å². The molecule has 5 aromatic carbocycles. The van der Waals surface area contributed by atoms with Gasteiger partial charge in [-0.05, 0) is 188 Å². The van der Waals surface area contributed by atoms with Crippen molar-refractivity contribution in [1.82, 2.24) is 0 Å². The minimum atomic E-state index is 0.00738. The Morgan fingerprint density at radius 1 is 0.516 bits per heavy atom. The molecular formula is C58H67BN2O. The molecule has 3 nitrogen and oxygen atoms in total. The Labute approximate surface area is 372 Å². The van der Waals surface area contributed by atoms with Gasteiger partial charge in [0.1, 0.15) is 5.58 Å². The summed E-state index contributed by atoms with van der Waals surface area (Å²) < 4.78 is 7.44. The van der Waals surface area contributed by atoms with E-state index < -0.39 is 0 Å². The third-order valence-electron chi connectivity index (χ3n) is 16.9. The van der Waals surface area contributed by atoms with E-state index in [0.29, 0.717) is 0 Å². The van der Waals surface area contributed by atoms with Crippen molar-refractivity contribution < 1.29 is 4.42 Å². The summed E-state index contributed by atoms with van der Waals surface area (Å²) in [4.78, 5) is 5.16. The molecule has 0 spiro atoms. The van der Waals surface area contributed by atoms with Gasteiger partial charge in [0.2, 0.25) is 5.88 Å². The zero-order chi connectivity index (χ0) is 43.8. The predicted molar refractivity (Wildman–Crippen MR) is 266 cm³/mol. The van der Waals surface area contributed by atoms with Crippen molar-refractivity contribution in [3.05, 3.63) is 123 Å². The number of aryl methyl sites for hydroxylation is 2. The zero-order valence-electron chi connectivity index (χ0n) is 40.1. The zero-order valence-corrected chi connectivity index (χ0v) is 40.1. The molecule has 0 saturated heterocycles. The lowest BCUT2D eigenvalue weighted by molar-refractivity contribution is 0.332. The normalized spacial score (nSPS) is 20.6. The number of hydrogen-bond donors (Lipinski definition) is 0. The van der Waals surface area contributed by atoms with Crippen LogP contribution in [-0.2, 0) is 38.9 Å². The lowest BCUT2D eigenvalue weighted by atomic mass is 9.33. The maximum Gasteiger partial charge on any atom is 0.257 e. The number of furan rings is 1. The van der Waals surface area contributed by atoms with Crippen LogP contribution in [0.25, 0.3) is 11.0 Å². The molecule has 4 heteroatoms. The first-order chi connectivity index (χ1) is 29.0. The molecule has 0 saturated carbocycles. The average molecular weight is 819 g/mol. The summed E-state index contributed by atoms with van der Waals surface area (Å²) in [7, 11) is 0. The Hall–Kier alpha value is -4.70. The molecule has 1 aromatic heterocycles. The highest BCUT2D eigenvalue weighted by Crippen LogP contribution is 2.53. The van der Waals surface area contributed by atoms with Gasteiger partial charge in [0.15, 0.2) is 0 Å². The first-order valence-electron chi connectivity index (χ1n) is 23.8. The quantitative estimate of drug-likeness (QED) is 0.162. The summed E-state index contributed by atoms with van der Waals surface area (Å²) in [5.41, 5.74) is 23.4. The largest absolute Gasteiger partial charge is 0.440 e. The fraction of sp³-hybridized carbons (Fsp3) is 0.448. The minimum absolute atomic E-state index is 0.00738. The van der Waals surface area contributed by atoms with Gasteiger partial charge < -0.3 is 9.32 Å². The molecule has 62 heavy (non-hydrogen) atoms. The Morgan fingerprint density at radius 2 is 1.06 bits per heavy atom. The summed E-state index contributed by atoms with van der Waals surface area (Å²) in [5, 5.41) is 1.26. The van der Waals surface area contributed by atoms with Crippen LogP contribution >= 0.6 is 0 Å². The Kier molecular flexibility index (Phi) is 8.10. The van der Waals surface area contributed by atoms with Crippen LogP contribution in [0.2, 0.25) is 0 Å². The van der Waals surface area contributed by atoms with E-state index in [-0.39, 0.29) is 39.2 Å². The van der Waals surface area contributed by atoms with Crippen LogP contribution in [0, 0.1) is 6.92 Å². The molecule has 0 unspecified atom stereocenters. The number of anilines is 6. The van der Waals surface area contributed by atoms with Crippen LogP contribution in [0.3, 0.4) is 0 Å². The van der Waals surface area contributed by atoms with Gasteiger partial charge in [-0.1, -0.05) is 114 Å². The molecule has 318 valence electrons. The second kappa shape index (κ2) is 12.5. The van der Waals surface area contributed by atoms with E-state index in [1.165, 1.54) is 121 Å². The molecule has 6 aromatic rings. The van der Waals surface area contributed by atoms with Gasteiger partial charge in [-0.2, -0.15) is 0 Å². The summed E-state index contributed by atoms with van der Waals surface area (Å²) >= 11 is 0. The molecule has 5 aliphatic rings. The van der Waals surface area contributed by atoms with Crippen LogP contribution < -0.4 is 26.2 Å². The van der Waals surface area contributed by atoms with Crippen molar-refractivity contribution in [2.75, 3.05) is 9.80 Å². The van der Waals surface area contributed by atoms with E-state index in [9.17, 15) is 0 Å². The molecule has 0 atom stereocenters. The molecule has 0 amide bonds. The topological polar surface area (TPSA) is 19.6 Å². The van der Waals surface area contributed by atoms with Crippen molar-refractivity contribution in [2.24, 2.45) is 0 Å². The number of hydrogen-bond acceptors (Lipinski definition) is 3. The molecule has 2 aliphatic heterocycles. The van der Waals surface area contributed by atoms with E-state index in [1.807, 2.05) is 0 Å². The van der Waals surface area contributed by atoms with Gasteiger partial charge in [-0.15, -0.1) is 0 Å². The van der Waals surface area contributed by atoms with Crippen molar-refractivity contribution in [3.8, 4) is 0 Å². The number of rotatable bonds is 2. The molecular weight excluding hydrogens is 751 g/mol. The number of fused-ring (bicyclic) bond motifs is 9. The van der Waals surface area contributed by atoms with Crippen LogP contribution in [-0.4, -0.2) is 6.71 Å². The van der Waals surface area contributed by atoms with Crippen molar-refractivity contribution in [3.63, 3.8) is 0 Å². The minimum Gasteiger partial charge on any atom is -0.440 e. The van der Waals surface area contributed by atoms with Crippen LogP contribution in [0.5, 0.6) is 0 Å². The van der Waals surface area contributed by atoms with E-state index in [4.69, 9.17) is 4.42 Å². The fourth-order valence-corrected chi connectivity index (χ4v) is 12.6. The molecule has 0 radical (unpaired) electrons. The van der Waals surface area contributed by atoms with Gasteiger partial charge in [0, 0.05) is 39.3 Å². The predicted octanol–water partition coefficient (Wildman–Crippen LogP) is 14.0. The van der Waals surface area contributed by atoms with E-state index in [1.54, 1.807) is 0 Å². The SMILES string of the molecule is Cc1cc2c3c(c1)N(c1ccc(C(C)(C)C)cc1)c1oc4cc5c(cc4c1B3c1cc3c(cc1N2c1ccc2c(c1)C(C)(C)CCC2(C)C)C(C)(C)CC3)C(C)(C)CCC5(C)C. The van der Waals surface area contributed by atoms with Crippen LogP contribution in [0.15, 0.2) is 83.3 Å². The molecule has 3 heterocycles. The van der Waals surface area contributed by atoms with Crippen molar-refractivity contribution in [2.45, 2.75) is 168 Å². The number of nitrogens with zero attached hydrogens (tertiary/aromatic N) is 2. The molecule has 0 fully saturated rings. The molecule has 3 aliphatic carbocycles. The third kappa shape index (κ3) is 5.62. The van der Waals surface area contributed by atoms with Gasteiger partial charge in [-0.25, -0.2) is 0 Å². The highest BCUT2D eigenvalue weighted by Gasteiger charge is 2.49. The monoisotopic (exact) mass is 819 g/mol. The van der Waals surface area contributed by atoms with E-state index in [0.717, 1.165) is 23.6 Å². The number of benzene rings is 5. The second-order valence-electron chi connectivity index (χ2n) is 24.5. The Bertz CT molecular complexity index is 2890. The van der Waals surface area contributed by atoms with Crippen molar-refractivity contribution in [1.29, 1.82) is 0 Å². The lowest BCUT2D eigenvalue weighted by Crippen LogP contribution is -2.61. The smallest absolute Gasteiger partial charge is 0.257 e. The summed E-state index contributed by atoms with van der Waals surface area (Å²) in [5.74, 6) is 0.966. The first-order valence-corrected chi connectivity index (χ1v) is 23.8. The summed E-state index contributed by atoms with van der Waals surface area (Å²) in [6, 6.07) is 32.0. The first kappa shape index (κ1) is 40.1. The van der Waals surface area contributed by atoms with Crippen LogP contribution in [0.4, 0.5) is 34.3 Å². The average Bonchev–Trinajstić information content (AvgIpc) is 3.72. The van der Waals surface area contributed by atoms with E-state index in [2.05, 4.69) is 186 Å². The van der Waals surface area contributed by atoms with Crippen LogP contribution in [0.1, 0.15) is 167 Å². The standard InChI is InChI=1S/C58H67BN2O/c1-34-27-47-51-48(28-34)61(37-17-15-36(16-18-37)53(2,3)4)52-50(39-31-43-44(33-49(39)62-52)58(13,14)26-25-57(43,11)12)59(51)45-29-35-21-22-54(5,6)41(35)32-46(45)60(47)38-19-20-40-42(30-38)56(9,10)24-23-55(40,7)8/h15-20,27-33H,21-26H2,1-14H3. The fourth-order valence-electron chi connectivity index (χ4n) is 12.6. The molecule has 0 N–H and O–H groups in total. The Balaban J connectivity index is 1.25. The lowest BCUT2D eigenvalue weighted by Gasteiger charge is -2.45. The van der Waals surface area contributed by atoms with Gasteiger partial charge in [-0.3, -0.25) is 4.90 Å². The van der Waals surface area contributed by atoms with Gasteiger partial charge >= 0.3 is 0 Å². The molecule has 11 rings (SSSR count). The maximum absolute atomic E-state index is 7.44. The third-order valence-corrected chi connectivity index (χ3v) is 16.9. The molecule has 0 bridgehead atoms. The highest BCUT2D eigenvalue weighted by atomic mass is 16.4. The second-order valence-corrected chi connectivity index (χ2v) is 24.5. The summed E-state index contributed by atoms with van der Waals surface area (Å²) in [6.07, 6.45) is 7.02. The van der Waals surface area contributed by atoms with Gasteiger partial charge in [0.25, 0.3) is 6.71 Å².